The van der Waals surface area contributed by atoms with Crippen LogP contribution < -0.4 is 11.2 Å². The van der Waals surface area contributed by atoms with E-state index in [0.29, 0.717) is 0 Å². The van der Waals surface area contributed by atoms with Crippen molar-refractivity contribution in [1.29, 1.82) is 0 Å². The lowest BCUT2D eigenvalue weighted by Crippen LogP contribution is -2.49. The van der Waals surface area contributed by atoms with Gasteiger partial charge in [0.05, 0.1) is 10.2 Å². The van der Waals surface area contributed by atoms with Crippen molar-refractivity contribution in [2.24, 2.45) is 0 Å². The number of benzene rings is 1. The first-order valence-corrected chi connectivity index (χ1v) is 11.9. The summed E-state index contributed by atoms with van der Waals surface area (Å²) in [6, 6.07) is 9.26. The maximum atomic E-state index is 12.7. The highest BCUT2D eigenvalue weighted by molar-refractivity contribution is 14.1. The third-order valence-corrected chi connectivity index (χ3v) is 5.82. The summed E-state index contributed by atoms with van der Waals surface area (Å²) in [5, 5.41) is 0. The van der Waals surface area contributed by atoms with Crippen LogP contribution in [0.15, 0.2) is 46.1 Å². The minimum absolute atomic E-state index is 0.106. The Morgan fingerprint density at radius 2 is 1.83 bits per heavy atom. The average Bonchev–Trinajstić information content (AvgIpc) is 3.09. The van der Waals surface area contributed by atoms with Crippen LogP contribution in [-0.2, 0) is 39.9 Å². The largest absolute Gasteiger partial charge is 0.462 e. The Kier molecular flexibility index (Phi) is 8.85. The van der Waals surface area contributed by atoms with E-state index in [0.717, 1.165) is 5.56 Å². The maximum Gasteiger partial charge on any atom is 0.330 e. The van der Waals surface area contributed by atoms with Gasteiger partial charge in [0.15, 0.2) is 18.1 Å². The molecule has 0 spiro atoms. The quantitative estimate of drug-likeness (QED) is 0.337. The van der Waals surface area contributed by atoms with Gasteiger partial charge in [-0.3, -0.25) is 23.9 Å². The lowest BCUT2D eigenvalue weighted by atomic mass is 10.1. The Bertz CT molecular complexity index is 1160. The molecule has 1 aliphatic heterocycles. The van der Waals surface area contributed by atoms with Crippen molar-refractivity contribution in [1.82, 2.24) is 9.55 Å². The molecule has 35 heavy (non-hydrogen) atoms. The van der Waals surface area contributed by atoms with Crippen LogP contribution in [0.4, 0.5) is 0 Å². The van der Waals surface area contributed by atoms with Gasteiger partial charge >= 0.3 is 17.6 Å². The van der Waals surface area contributed by atoms with E-state index in [1.54, 1.807) is 36.4 Å². The number of hydrogen-bond acceptors (Lipinski definition) is 9. The molecule has 1 aromatic carbocycles. The van der Waals surface area contributed by atoms with Gasteiger partial charge in [0.1, 0.15) is 18.8 Å². The SMILES string of the molecule is CC(=O)OC[C@@H](OC(C)=O)[C@H](OCc1ccccc1)[C@H]1OC(C)(C)O[C@@H]1n1cc(I)c(=O)[nH]c1=O. The third kappa shape index (κ3) is 7.22. The van der Waals surface area contributed by atoms with Gasteiger partial charge in [0.2, 0.25) is 0 Å². The van der Waals surface area contributed by atoms with Crippen LogP contribution in [0.5, 0.6) is 0 Å². The van der Waals surface area contributed by atoms with Crippen LogP contribution in [0, 0.1) is 3.57 Å². The molecule has 0 bridgehead atoms. The number of hydrogen-bond donors (Lipinski definition) is 1. The van der Waals surface area contributed by atoms with Crippen LogP contribution in [0.2, 0.25) is 0 Å². The van der Waals surface area contributed by atoms with Gasteiger partial charge in [0.25, 0.3) is 5.56 Å². The minimum Gasteiger partial charge on any atom is -0.462 e. The Labute approximate surface area is 214 Å². The van der Waals surface area contributed by atoms with Gasteiger partial charge in [0, 0.05) is 20.0 Å². The average molecular weight is 602 g/mol. The molecule has 1 aliphatic rings. The second-order valence-electron chi connectivity index (χ2n) is 8.35. The van der Waals surface area contributed by atoms with Crippen LogP contribution in [0.1, 0.15) is 39.5 Å². The van der Waals surface area contributed by atoms with Gasteiger partial charge < -0.3 is 23.7 Å². The van der Waals surface area contributed by atoms with Gasteiger partial charge in [-0.2, -0.15) is 0 Å². The fourth-order valence-corrected chi connectivity index (χ4v) is 4.09. The number of carbonyl (C=O) groups excluding carboxylic acids is 2. The molecule has 0 aliphatic carbocycles. The zero-order chi connectivity index (χ0) is 25.8. The fourth-order valence-electron chi connectivity index (χ4n) is 3.65. The second-order valence-corrected chi connectivity index (χ2v) is 9.51. The van der Waals surface area contributed by atoms with Gasteiger partial charge in [-0.05, 0) is 42.0 Å². The molecule has 0 unspecified atom stereocenters. The van der Waals surface area contributed by atoms with Crippen molar-refractivity contribution in [3.8, 4) is 0 Å². The molecular formula is C23H27IN2O9. The molecule has 0 radical (unpaired) electrons. The molecule has 4 atom stereocenters. The highest BCUT2D eigenvalue weighted by Crippen LogP contribution is 2.38. The van der Waals surface area contributed by atoms with E-state index in [1.165, 1.54) is 24.6 Å². The lowest BCUT2D eigenvalue weighted by Gasteiger charge is -2.32. The van der Waals surface area contributed by atoms with E-state index in [2.05, 4.69) is 4.98 Å². The van der Waals surface area contributed by atoms with E-state index in [-0.39, 0.29) is 16.8 Å². The van der Waals surface area contributed by atoms with Crippen molar-refractivity contribution in [3.63, 3.8) is 0 Å². The molecule has 0 saturated carbocycles. The van der Waals surface area contributed by atoms with E-state index in [4.69, 9.17) is 23.7 Å². The summed E-state index contributed by atoms with van der Waals surface area (Å²) in [4.78, 5) is 50.3. The standard InChI is InChI=1S/C23H27IN2O9/c1-13(27)31-12-17(33-14(2)28)18(32-11-15-8-6-5-7-9-15)19-21(35-23(3,4)34-19)26-10-16(24)20(29)25-22(26)30/h5-10,17-19,21H,11-12H2,1-4H3,(H,25,29,30)/t17-,18+,19-,21+/m1/s1. The monoisotopic (exact) mass is 602 g/mol. The summed E-state index contributed by atoms with van der Waals surface area (Å²) in [5.74, 6) is -2.36. The first-order valence-electron chi connectivity index (χ1n) is 10.8. The van der Waals surface area contributed by atoms with Crippen LogP contribution >= 0.6 is 22.6 Å². The molecular weight excluding hydrogens is 575 g/mol. The zero-order valence-corrected chi connectivity index (χ0v) is 21.8. The van der Waals surface area contributed by atoms with Crippen LogP contribution in [0.25, 0.3) is 0 Å². The summed E-state index contributed by atoms with van der Waals surface area (Å²) < 4.78 is 30.4. The summed E-state index contributed by atoms with van der Waals surface area (Å²) >= 11 is 1.80. The summed E-state index contributed by atoms with van der Waals surface area (Å²) in [5.41, 5.74) is -0.416. The molecule has 3 rings (SSSR count). The van der Waals surface area contributed by atoms with E-state index in [1.807, 2.05) is 30.3 Å². The lowest BCUT2D eigenvalue weighted by molar-refractivity contribution is -0.191. The molecule has 1 saturated heterocycles. The third-order valence-electron chi connectivity index (χ3n) is 5.05. The minimum atomic E-state index is -1.16. The van der Waals surface area contributed by atoms with Crippen LogP contribution in [-0.4, -0.2) is 52.2 Å². The number of rotatable bonds is 9. The summed E-state index contributed by atoms with van der Waals surface area (Å²) in [6.45, 7) is 5.56. The predicted molar refractivity (Wildman–Crippen MR) is 130 cm³/mol. The first-order chi connectivity index (χ1) is 16.5. The Balaban J connectivity index is 2.04. The Morgan fingerprint density at radius 1 is 1.14 bits per heavy atom. The smallest absolute Gasteiger partial charge is 0.330 e. The first kappa shape index (κ1) is 27.0. The number of aromatic nitrogens is 2. The normalized spacial score (nSPS) is 20.7. The van der Waals surface area contributed by atoms with Gasteiger partial charge in [-0.25, -0.2) is 4.79 Å². The summed E-state index contributed by atoms with van der Waals surface area (Å²) in [6.07, 6.45) is -2.80. The second kappa shape index (κ2) is 11.5. The van der Waals surface area contributed by atoms with Gasteiger partial charge in [-0.15, -0.1) is 0 Å². The Hall–Kier alpha value is -2.55. The topological polar surface area (TPSA) is 135 Å². The maximum absolute atomic E-state index is 12.7. The zero-order valence-electron chi connectivity index (χ0n) is 19.7. The molecule has 1 aromatic heterocycles. The molecule has 11 nitrogen and oxygen atoms in total. The molecule has 0 amide bonds. The molecule has 12 heteroatoms. The van der Waals surface area contributed by atoms with Gasteiger partial charge in [-0.1, -0.05) is 30.3 Å². The number of H-pyrrole nitrogens is 1. The number of carbonyl (C=O) groups is 2. The highest BCUT2D eigenvalue weighted by atomic mass is 127. The Morgan fingerprint density at radius 3 is 2.46 bits per heavy atom. The molecule has 1 N–H and O–H groups in total. The molecule has 1 fully saturated rings. The molecule has 2 heterocycles. The number of nitrogens with one attached hydrogen (secondary N) is 1. The number of ether oxygens (including phenoxy) is 5. The van der Waals surface area contributed by atoms with Crippen molar-refractivity contribution in [2.45, 2.75) is 64.6 Å². The van der Waals surface area contributed by atoms with Crippen molar-refractivity contribution < 1.29 is 33.3 Å². The predicted octanol–water partition coefficient (Wildman–Crippen LogP) is 1.87. The molecule has 190 valence electrons. The number of halogens is 1. The fraction of sp³-hybridized carbons (Fsp3) is 0.478. The number of nitrogens with zero attached hydrogens (tertiary/aromatic N) is 1. The highest BCUT2D eigenvalue weighted by Gasteiger charge is 2.50. The summed E-state index contributed by atoms with van der Waals surface area (Å²) in [7, 11) is 0. The van der Waals surface area contributed by atoms with Crippen molar-refractivity contribution in [3.05, 3.63) is 66.5 Å². The van der Waals surface area contributed by atoms with E-state index >= 15 is 0 Å². The van der Waals surface area contributed by atoms with E-state index in [9.17, 15) is 19.2 Å². The van der Waals surface area contributed by atoms with Crippen molar-refractivity contribution in [2.75, 3.05) is 6.61 Å². The van der Waals surface area contributed by atoms with Crippen LogP contribution in [0.3, 0.4) is 0 Å². The molecule has 2 aromatic rings. The van der Waals surface area contributed by atoms with E-state index < -0.39 is 53.5 Å². The van der Waals surface area contributed by atoms with Crippen molar-refractivity contribution >= 4 is 34.5 Å². The number of aromatic amines is 1. The number of esters is 2.